The van der Waals surface area contributed by atoms with Crippen molar-refractivity contribution in [2.24, 2.45) is 0 Å². The van der Waals surface area contributed by atoms with Gasteiger partial charge in [-0.15, -0.1) is 0 Å². The van der Waals surface area contributed by atoms with Crippen molar-refractivity contribution >= 4 is 13.9 Å². The van der Waals surface area contributed by atoms with E-state index in [0.717, 1.165) is 30.6 Å². The Morgan fingerprint density at radius 1 is 0.933 bits per heavy atom. The van der Waals surface area contributed by atoms with Gasteiger partial charge in [-0.2, -0.15) is 0 Å². The molecule has 0 amide bonds. The molecule has 2 nitrogen and oxygen atoms in total. The number of benzene rings is 3. The summed E-state index contributed by atoms with van der Waals surface area (Å²) >= 11 is 0. The van der Waals surface area contributed by atoms with Crippen molar-refractivity contribution in [1.82, 2.24) is 0 Å². The van der Waals surface area contributed by atoms with E-state index in [1.807, 2.05) is 18.2 Å². The summed E-state index contributed by atoms with van der Waals surface area (Å²) in [7, 11) is 0.579. The highest BCUT2D eigenvalue weighted by molar-refractivity contribution is 7.48. The van der Waals surface area contributed by atoms with Crippen LogP contribution in [0.1, 0.15) is 55.4 Å². The molecule has 0 heterocycles. The van der Waals surface area contributed by atoms with Gasteiger partial charge in [0.15, 0.2) is 0 Å². The molecule has 0 saturated carbocycles. The van der Waals surface area contributed by atoms with Gasteiger partial charge in [-0.25, -0.2) is 0 Å². The largest absolute Gasteiger partial charge is 0.489 e. The average Bonchev–Trinajstić information content (AvgIpc) is 2.79. The smallest absolute Gasteiger partial charge is 0.123 e. The predicted molar refractivity (Wildman–Crippen MR) is 129 cm³/mol. The third-order valence-electron chi connectivity index (χ3n) is 5.73. The van der Waals surface area contributed by atoms with E-state index in [1.165, 1.54) is 22.0 Å². The summed E-state index contributed by atoms with van der Waals surface area (Å²) in [6.45, 7) is 7.35. The van der Waals surface area contributed by atoms with E-state index in [9.17, 15) is 5.11 Å². The first kappa shape index (κ1) is 22.5. The van der Waals surface area contributed by atoms with Crippen LogP contribution in [0.3, 0.4) is 0 Å². The van der Waals surface area contributed by atoms with Crippen LogP contribution in [0, 0.1) is 6.92 Å². The van der Waals surface area contributed by atoms with Crippen LogP contribution in [0.4, 0.5) is 0 Å². The Balaban J connectivity index is 2.01. The van der Waals surface area contributed by atoms with Gasteiger partial charge in [0.05, 0.1) is 6.61 Å². The maximum atomic E-state index is 9.88. The van der Waals surface area contributed by atoms with E-state index in [0.29, 0.717) is 15.2 Å². The summed E-state index contributed by atoms with van der Waals surface area (Å²) in [5, 5.41) is 11.1. The second-order valence-electron chi connectivity index (χ2n) is 7.90. The highest BCUT2D eigenvalue weighted by Gasteiger charge is 2.33. The van der Waals surface area contributed by atoms with Crippen LogP contribution >= 0.6 is 8.58 Å². The van der Waals surface area contributed by atoms with Crippen LogP contribution in [0.15, 0.2) is 72.8 Å². The summed E-state index contributed by atoms with van der Waals surface area (Å²) in [6.07, 6.45) is 3.23. The van der Waals surface area contributed by atoms with E-state index in [-0.39, 0.29) is 11.8 Å². The summed E-state index contributed by atoms with van der Waals surface area (Å²) in [5.74, 6) is 0.980. The van der Waals surface area contributed by atoms with Crippen molar-refractivity contribution in [3.63, 3.8) is 0 Å². The van der Waals surface area contributed by atoms with Gasteiger partial charge >= 0.3 is 0 Å². The molecule has 3 heteroatoms. The number of rotatable bonds is 10. The van der Waals surface area contributed by atoms with Gasteiger partial charge in [0.2, 0.25) is 0 Å². The van der Waals surface area contributed by atoms with E-state index in [4.69, 9.17) is 4.74 Å². The third-order valence-corrected chi connectivity index (χ3v) is 7.84. The van der Waals surface area contributed by atoms with Crippen molar-refractivity contribution in [3.05, 3.63) is 95.1 Å². The molecule has 0 fully saturated rings. The van der Waals surface area contributed by atoms with Crippen LogP contribution in [0.2, 0.25) is 0 Å². The molecule has 2 atom stereocenters. The maximum Gasteiger partial charge on any atom is 0.123 e. The molecule has 3 aromatic rings. The first-order chi connectivity index (χ1) is 14.6. The number of aliphatic hydroxyl groups is 1. The Labute approximate surface area is 183 Å². The van der Waals surface area contributed by atoms with Crippen LogP contribution in [-0.2, 0) is 18.4 Å². The normalized spacial score (nSPS) is 13.5. The summed E-state index contributed by atoms with van der Waals surface area (Å²) < 4.78 is 6.38. The molecule has 1 N–H and O–H groups in total. The first-order valence-corrected chi connectivity index (χ1v) is 11.9. The van der Waals surface area contributed by atoms with E-state index >= 15 is 0 Å². The van der Waals surface area contributed by atoms with Gasteiger partial charge in [-0.1, -0.05) is 101 Å². The minimum absolute atomic E-state index is 0.00192. The third kappa shape index (κ3) is 5.31. The van der Waals surface area contributed by atoms with Crippen molar-refractivity contribution < 1.29 is 9.84 Å². The standard InChI is InChI=1S/C27H33O2P/c1-4-17-27(5-2,30-26-14-10-9-13-23(26)19-28)24-18-21(3)15-16-25(24)29-20-22-11-7-6-8-12-22/h6-16,18,28,30H,4-5,17,19-20H2,1-3H3. The van der Waals surface area contributed by atoms with Crippen LogP contribution in [0.5, 0.6) is 5.75 Å². The van der Waals surface area contributed by atoms with Crippen molar-refractivity contribution in [2.45, 2.75) is 58.4 Å². The van der Waals surface area contributed by atoms with Gasteiger partial charge < -0.3 is 9.84 Å². The number of aryl methyl sites for hydroxylation is 1. The predicted octanol–water partition coefficient (Wildman–Crippen LogP) is 6.48. The maximum absolute atomic E-state index is 9.88. The second-order valence-corrected chi connectivity index (χ2v) is 9.65. The van der Waals surface area contributed by atoms with E-state index < -0.39 is 0 Å². The molecule has 0 aliphatic heterocycles. The molecule has 0 spiro atoms. The van der Waals surface area contributed by atoms with Crippen molar-refractivity contribution in [3.8, 4) is 5.75 Å². The zero-order valence-electron chi connectivity index (χ0n) is 18.3. The van der Waals surface area contributed by atoms with Crippen LogP contribution < -0.4 is 10.0 Å². The highest BCUT2D eigenvalue weighted by Crippen LogP contribution is 2.51. The molecule has 30 heavy (non-hydrogen) atoms. The van der Waals surface area contributed by atoms with Crippen molar-refractivity contribution in [2.75, 3.05) is 0 Å². The summed E-state index contributed by atoms with van der Waals surface area (Å²) in [5.41, 5.74) is 4.76. The molecule has 0 saturated heterocycles. The second kappa shape index (κ2) is 10.8. The molecule has 2 unspecified atom stereocenters. The van der Waals surface area contributed by atoms with Crippen molar-refractivity contribution in [1.29, 1.82) is 0 Å². The number of hydrogen-bond acceptors (Lipinski definition) is 2. The monoisotopic (exact) mass is 420 g/mol. The minimum Gasteiger partial charge on any atom is -0.489 e. The molecule has 3 aromatic carbocycles. The fourth-order valence-corrected chi connectivity index (χ4v) is 5.96. The van der Waals surface area contributed by atoms with Gasteiger partial charge in [-0.05, 0) is 42.3 Å². The Morgan fingerprint density at radius 3 is 2.37 bits per heavy atom. The SMILES string of the molecule is CCCC(CC)(Pc1ccccc1CO)c1cc(C)ccc1OCc1ccccc1. The van der Waals surface area contributed by atoms with E-state index in [2.05, 4.69) is 75.4 Å². The highest BCUT2D eigenvalue weighted by atomic mass is 31.1. The molecular formula is C27H33O2P. The lowest BCUT2D eigenvalue weighted by Crippen LogP contribution is -2.25. The molecule has 0 aromatic heterocycles. The molecule has 158 valence electrons. The average molecular weight is 421 g/mol. The fourth-order valence-electron chi connectivity index (χ4n) is 4.06. The topological polar surface area (TPSA) is 29.5 Å². The van der Waals surface area contributed by atoms with Gasteiger partial charge in [0.25, 0.3) is 0 Å². The lowest BCUT2D eigenvalue weighted by molar-refractivity contribution is 0.283. The molecule has 0 aliphatic rings. The van der Waals surface area contributed by atoms with Crippen LogP contribution in [0.25, 0.3) is 0 Å². The molecule has 3 rings (SSSR count). The lowest BCUT2D eigenvalue weighted by Gasteiger charge is -2.36. The zero-order chi connectivity index (χ0) is 21.4. The number of hydrogen-bond donors (Lipinski definition) is 1. The van der Waals surface area contributed by atoms with Crippen LogP contribution in [-0.4, -0.2) is 5.11 Å². The quantitative estimate of drug-likeness (QED) is 0.381. The number of aliphatic hydroxyl groups excluding tert-OH is 1. The summed E-state index contributed by atoms with van der Waals surface area (Å²) in [4.78, 5) is 0. The van der Waals surface area contributed by atoms with Gasteiger partial charge in [0, 0.05) is 10.7 Å². The lowest BCUT2D eigenvalue weighted by atomic mass is 9.89. The summed E-state index contributed by atoms with van der Waals surface area (Å²) in [6, 6.07) is 25.2. The molecule has 0 aliphatic carbocycles. The van der Waals surface area contributed by atoms with E-state index in [1.54, 1.807) is 0 Å². The number of ether oxygens (including phenoxy) is 1. The Hall–Kier alpha value is -2.15. The van der Waals surface area contributed by atoms with Gasteiger partial charge in [-0.3, -0.25) is 0 Å². The van der Waals surface area contributed by atoms with Gasteiger partial charge in [0.1, 0.15) is 12.4 Å². The molecule has 0 bridgehead atoms. The Morgan fingerprint density at radius 2 is 1.67 bits per heavy atom. The Kier molecular flexibility index (Phi) is 8.08. The minimum atomic E-state index is -0.00192. The first-order valence-electron chi connectivity index (χ1n) is 10.9. The Bertz CT molecular complexity index is 939. The fraction of sp³-hybridized carbons (Fsp3) is 0.333. The zero-order valence-corrected chi connectivity index (χ0v) is 19.3. The molecular weight excluding hydrogens is 387 g/mol. The molecule has 0 radical (unpaired) electrons.